The highest BCUT2D eigenvalue weighted by atomic mass is 79.9. The van der Waals surface area contributed by atoms with Crippen molar-refractivity contribution in [2.24, 2.45) is 0 Å². The van der Waals surface area contributed by atoms with E-state index in [4.69, 9.17) is 5.11 Å². The summed E-state index contributed by atoms with van der Waals surface area (Å²) in [5, 5.41) is 8.60. The Morgan fingerprint density at radius 2 is 2.12 bits per heavy atom. The van der Waals surface area contributed by atoms with Gasteiger partial charge in [0.1, 0.15) is 0 Å². The van der Waals surface area contributed by atoms with Gasteiger partial charge >= 0.3 is 11.9 Å². The minimum absolute atomic E-state index is 0.0826. The van der Waals surface area contributed by atoms with E-state index >= 15 is 0 Å². The number of esters is 1. The number of rotatable bonds is 5. The summed E-state index contributed by atoms with van der Waals surface area (Å²) in [5.74, 6) is -1.15. The number of benzene rings is 1. The zero-order valence-corrected chi connectivity index (χ0v) is 11.0. The van der Waals surface area contributed by atoms with E-state index in [0.29, 0.717) is 6.42 Å². The molecule has 0 spiro atoms. The van der Waals surface area contributed by atoms with E-state index in [1.807, 2.05) is 18.2 Å². The highest BCUT2D eigenvalue weighted by Crippen LogP contribution is 2.20. The first-order valence-electron chi connectivity index (χ1n) is 5.09. The number of carboxylic acid groups (broad SMARTS) is 1. The Labute approximate surface area is 108 Å². The SMILES string of the molecule is COC(=O)Cc1cc(CCC(=O)O)ccc1Br. The summed E-state index contributed by atoms with van der Waals surface area (Å²) in [6.45, 7) is 0. The predicted molar refractivity (Wildman–Crippen MR) is 65.8 cm³/mol. The maximum atomic E-state index is 11.2. The molecule has 5 heteroatoms. The van der Waals surface area contributed by atoms with Gasteiger partial charge in [0.05, 0.1) is 13.5 Å². The lowest BCUT2D eigenvalue weighted by Gasteiger charge is -2.06. The van der Waals surface area contributed by atoms with E-state index < -0.39 is 5.97 Å². The van der Waals surface area contributed by atoms with Crippen molar-refractivity contribution in [3.63, 3.8) is 0 Å². The van der Waals surface area contributed by atoms with Crippen LogP contribution in [0.25, 0.3) is 0 Å². The average molecular weight is 301 g/mol. The number of methoxy groups -OCH3 is 1. The molecule has 0 aliphatic heterocycles. The van der Waals surface area contributed by atoms with Crippen molar-refractivity contribution < 1.29 is 19.4 Å². The quantitative estimate of drug-likeness (QED) is 0.847. The molecule has 0 saturated heterocycles. The molecule has 0 fully saturated rings. The van der Waals surface area contributed by atoms with Gasteiger partial charge in [-0.3, -0.25) is 9.59 Å². The molecule has 0 aliphatic carbocycles. The van der Waals surface area contributed by atoms with Crippen LogP contribution in [0.3, 0.4) is 0 Å². The zero-order valence-electron chi connectivity index (χ0n) is 9.40. The largest absolute Gasteiger partial charge is 0.481 e. The number of carbonyl (C=O) groups is 2. The van der Waals surface area contributed by atoms with Crippen LogP contribution in [0, 0.1) is 0 Å². The maximum absolute atomic E-state index is 11.2. The van der Waals surface area contributed by atoms with Gasteiger partial charge in [0, 0.05) is 10.9 Å². The molecular weight excluding hydrogens is 288 g/mol. The van der Waals surface area contributed by atoms with Crippen LogP contribution in [0.15, 0.2) is 22.7 Å². The van der Waals surface area contributed by atoms with Gasteiger partial charge in [0.15, 0.2) is 0 Å². The third-order valence-corrected chi connectivity index (χ3v) is 3.07. The van der Waals surface area contributed by atoms with Crippen molar-refractivity contribution in [2.75, 3.05) is 7.11 Å². The van der Waals surface area contributed by atoms with Crippen LogP contribution < -0.4 is 0 Å². The fraction of sp³-hybridized carbons (Fsp3) is 0.333. The fourth-order valence-electron chi connectivity index (χ4n) is 1.40. The third kappa shape index (κ3) is 4.56. The maximum Gasteiger partial charge on any atom is 0.310 e. The Bertz CT molecular complexity index is 429. The van der Waals surface area contributed by atoms with Crippen molar-refractivity contribution in [1.29, 1.82) is 0 Å². The van der Waals surface area contributed by atoms with Gasteiger partial charge in [-0.1, -0.05) is 28.1 Å². The summed E-state index contributed by atoms with van der Waals surface area (Å²) < 4.78 is 5.41. The summed E-state index contributed by atoms with van der Waals surface area (Å²) in [4.78, 5) is 21.6. The lowest BCUT2D eigenvalue weighted by Crippen LogP contribution is -2.06. The molecule has 1 N–H and O–H groups in total. The molecule has 0 amide bonds. The number of ether oxygens (including phenoxy) is 1. The van der Waals surface area contributed by atoms with Crippen LogP contribution in [0.2, 0.25) is 0 Å². The molecule has 0 aromatic heterocycles. The van der Waals surface area contributed by atoms with Crippen molar-refractivity contribution in [3.8, 4) is 0 Å². The monoisotopic (exact) mass is 300 g/mol. The summed E-state index contributed by atoms with van der Waals surface area (Å²) in [6, 6.07) is 5.48. The first kappa shape index (κ1) is 13.7. The molecule has 0 radical (unpaired) electrons. The Hall–Kier alpha value is -1.36. The smallest absolute Gasteiger partial charge is 0.310 e. The molecule has 0 bridgehead atoms. The summed E-state index contributed by atoms with van der Waals surface area (Å²) in [6.07, 6.45) is 0.716. The molecule has 0 aliphatic rings. The Morgan fingerprint density at radius 3 is 2.71 bits per heavy atom. The third-order valence-electron chi connectivity index (χ3n) is 2.30. The minimum atomic E-state index is -0.831. The first-order chi connectivity index (χ1) is 8.02. The molecule has 17 heavy (non-hydrogen) atoms. The first-order valence-corrected chi connectivity index (χ1v) is 5.88. The highest BCUT2D eigenvalue weighted by Gasteiger charge is 2.08. The summed E-state index contributed by atoms with van der Waals surface area (Å²) in [7, 11) is 1.34. The van der Waals surface area contributed by atoms with E-state index in [-0.39, 0.29) is 18.8 Å². The van der Waals surface area contributed by atoms with Crippen molar-refractivity contribution >= 4 is 27.9 Å². The molecule has 1 rings (SSSR count). The predicted octanol–water partition coefficient (Wildman–Crippen LogP) is 2.18. The Kier molecular flexibility index (Phi) is 5.15. The van der Waals surface area contributed by atoms with Gasteiger partial charge in [-0.2, -0.15) is 0 Å². The van der Waals surface area contributed by atoms with E-state index in [1.165, 1.54) is 7.11 Å². The van der Waals surface area contributed by atoms with E-state index in [9.17, 15) is 9.59 Å². The Balaban J connectivity index is 2.79. The molecule has 0 atom stereocenters. The van der Waals surface area contributed by atoms with E-state index in [2.05, 4.69) is 20.7 Å². The fourth-order valence-corrected chi connectivity index (χ4v) is 1.78. The number of aliphatic carboxylic acids is 1. The van der Waals surface area contributed by atoms with Crippen LogP contribution in [0.4, 0.5) is 0 Å². The Morgan fingerprint density at radius 1 is 1.41 bits per heavy atom. The van der Waals surface area contributed by atoms with Gasteiger partial charge in [-0.05, 0) is 23.6 Å². The van der Waals surface area contributed by atoms with E-state index in [1.54, 1.807) is 0 Å². The van der Waals surface area contributed by atoms with Gasteiger partial charge in [0.2, 0.25) is 0 Å². The van der Waals surface area contributed by atoms with Gasteiger partial charge in [-0.15, -0.1) is 0 Å². The number of halogens is 1. The molecule has 1 aromatic carbocycles. The molecular formula is C12H13BrO4. The standard InChI is InChI=1S/C12H13BrO4/c1-17-12(16)7-9-6-8(2-4-10(9)13)3-5-11(14)15/h2,4,6H,3,5,7H2,1H3,(H,14,15). The lowest BCUT2D eigenvalue weighted by atomic mass is 10.0. The zero-order chi connectivity index (χ0) is 12.8. The second-order valence-corrected chi connectivity index (χ2v) is 4.43. The minimum Gasteiger partial charge on any atom is -0.481 e. The van der Waals surface area contributed by atoms with Crippen molar-refractivity contribution in [3.05, 3.63) is 33.8 Å². The second-order valence-electron chi connectivity index (χ2n) is 3.57. The van der Waals surface area contributed by atoms with Crippen LogP contribution in [-0.4, -0.2) is 24.2 Å². The normalized spacial score (nSPS) is 10.0. The lowest BCUT2D eigenvalue weighted by molar-refractivity contribution is -0.140. The van der Waals surface area contributed by atoms with Crippen molar-refractivity contribution in [2.45, 2.75) is 19.3 Å². The van der Waals surface area contributed by atoms with Gasteiger partial charge in [0.25, 0.3) is 0 Å². The van der Waals surface area contributed by atoms with E-state index in [0.717, 1.165) is 15.6 Å². The summed E-state index contributed by atoms with van der Waals surface area (Å²) in [5.41, 5.74) is 1.70. The highest BCUT2D eigenvalue weighted by molar-refractivity contribution is 9.10. The number of aryl methyl sites for hydroxylation is 1. The van der Waals surface area contributed by atoms with Gasteiger partial charge in [-0.25, -0.2) is 0 Å². The molecule has 4 nitrogen and oxygen atoms in total. The number of hydrogen-bond donors (Lipinski definition) is 1. The number of carbonyl (C=O) groups excluding carboxylic acids is 1. The molecule has 1 aromatic rings. The van der Waals surface area contributed by atoms with Crippen LogP contribution in [-0.2, 0) is 27.2 Å². The van der Waals surface area contributed by atoms with Gasteiger partial charge < -0.3 is 9.84 Å². The molecule has 0 heterocycles. The average Bonchev–Trinajstić information content (AvgIpc) is 2.29. The van der Waals surface area contributed by atoms with Crippen LogP contribution in [0.1, 0.15) is 17.5 Å². The molecule has 0 unspecified atom stereocenters. The molecule has 0 saturated carbocycles. The van der Waals surface area contributed by atoms with Crippen LogP contribution in [0.5, 0.6) is 0 Å². The molecule has 92 valence electrons. The topological polar surface area (TPSA) is 63.6 Å². The number of carboxylic acids is 1. The summed E-state index contributed by atoms with van der Waals surface area (Å²) >= 11 is 3.34. The second kappa shape index (κ2) is 6.39. The van der Waals surface area contributed by atoms with Crippen LogP contribution >= 0.6 is 15.9 Å². The van der Waals surface area contributed by atoms with Crippen molar-refractivity contribution in [1.82, 2.24) is 0 Å². The number of hydrogen-bond acceptors (Lipinski definition) is 3.